The number of pyridine rings is 1. The van der Waals surface area contributed by atoms with Gasteiger partial charge in [-0.15, -0.1) is 0 Å². The number of hydrogen-bond acceptors (Lipinski definition) is 6. The number of benzene rings is 1. The lowest BCUT2D eigenvalue weighted by Crippen LogP contribution is -2.28. The van der Waals surface area contributed by atoms with Gasteiger partial charge in [0.1, 0.15) is 12.4 Å². The normalized spacial score (nSPS) is 13.4. The van der Waals surface area contributed by atoms with E-state index in [2.05, 4.69) is 10.3 Å². The van der Waals surface area contributed by atoms with Crippen LogP contribution in [0.25, 0.3) is 0 Å². The van der Waals surface area contributed by atoms with Crippen molar-refractivity contribution in [1.29, 1.82) is 0 Å². The number of rotatable bonds is 10. The molecule has 0 unspecified atom stereocenters. The Morgan fingerprint density at radius 3 is 2.62 bits per heavy atom. The lowest BCUT2D eigenvalue weighted by molar-refractivity contribution is -0.123. The van der Waals surface area contributed by atoms with Crippen LogP contribution < -0.4 is 19.7 Å². The van der Waals surface area contributed by atoms with E-state index in [1.807, 2.05) is 18.2 Å². The number of methoxy groups -OCH3 is 1. The molecule has 8 nitrogen and oxygen atoms in total. The first-order valence-electron chi connectivity index (χ1n) is 9.52. The molecule has 2 aromatic rings. The number of ether oxygens (including phenoxy) is 3. The van der Waals surface area contributed by atoms with Gasteiger partial charge in [-0.3, -0.25) is 9.59 Å². The smallest absolute Gasteiger partial charge is 0.258 e. The van der Waals surface area contributed by atoms with Crippen molar-refractivity contribution in [2.24, 2.45) is 0 Å². The number of nitrogens with zero attached hydrogens (tertiary/aromatic N) is 2. The summed E-state index contributed by atoms with van der Waals surface area (Å²) in [5, 5.41) is 2.79. The van der Waals surface area contributed by atoms with E-state index in [1.54, 1.807) is 36.4 Å². The SMILES string of the molecule is COCCOc1ccc(CNC(=O)COc2ccc(N3CCCC3=O)cc2)cn1. The molecule has 2 heterocycles. The summed E-state index contributed by atoms with van der Waals surface area (Å²) in [6.45, 7) is 1.94. The van der Waals surface area contributed by atoms with Gasteiger partial charge in [0, 0.05) is 44.6 Å². The number of aromatic nitrogens is 1. The second kappa shape index (κ2) is 10.4. The average Bonchev–Trinajstić information content (AvgIpc) is 3.18. The summed E-state index contributed by atoms with van der Waals surface area (Å²) < 4.78 is 15.8. The Kier molecular flexibility index (Phi) is 7.40. The largest absolute Gasteiger partial charge is 0.484 e. The zero-order chi connectivity index (χ0) is 20.5. The van der Waals surface area contributed by atoms with Crippen molar-refractivity contribution in [3.05, 3.63) is 48.2 Å². The van der Waals surface area contributed by atoms with Crippen LogP contribution in [0.3, 0.4) is 0 Å². The maximum atomic E-state index is 12.0. The summed E-state index contributed by atoms with van der Waals surface area (Å²) in [5.41, 5.74) is 1.71. The Balaban J connectivity index is 1.39. The Morgan fingerprint density at radius 2 is 1.97 bits per heavy atom. The number of carbonyl (C=O) groups excluding carboxylic acids is 2. The molecule has 0 bridgehead atoms. The number of anilines is 1. The molecule has 29 heavy (non-hydrogen) atoms. The van der Waals surface area contributed by atoms with Gasteiger partial charge in [-0.05, 0) is 36.2 Å². The zero-order valence-electron chi connectivity index (χ0n) is 16.4. The van der Waals surface area contributed by atoms with Gasteiger partial charge in [-0.25, -0.2) is 4.98 Å². The summed E-state index contributed by atoms with van der Waals surface area (Å²) in [7, 11) is 1.61. The maximum Gasteiger partial charge on any atom is 0.258 e. The Morgan fingerprint density at radius 1 is 1.14 bits per heavy atom. The number of carbonyl (C=O) groups is 2. The molecule has 154 valence electrons. The highest BCUT2D eigenvalue weighted by Gasteiger charge is 2.21. The molecular formula is C21H25N3O5. The van der Waals surface area contributed by atoms with E-state index in [0.29, 0.717) is 37.8 Å². The lowest BCUT2D eigenvalue weighted by Gasteiger charge is -2.16. The van der Waals surface area contributed by atoms with Crippen LogP contribution in [-0.2, 0) is 20.9 Å². The molecule has 3 rings (SSSR count). The van der Waals surface area contributed by atoms with Crippen molar-refractivity contribution >= 4 is 17.5 Å². The summed E-state index contributed by atoms with van der Waals surface area (Å²) in [6.07, 6.45) is 3.13. The number of amides is 2. The molecule has 1 aromatic carbocycles. The molecule has 1 fully saturated rings. The molecule has 0 atom stereocenters. The third kappa shape index (κ3) is 6.18. The molecule has 1 aromatic heterocycles. The van der Waals surface area contributed by atoms with Crippen LogP contribution in [0, 0.1) is 0 Å². The van der Waals surface area contributed by atoms with E-state index < -0.39 is 0 Å². The summed E-state index contributed by atoms with van der Waals surface area (Å²) in [4.78, 5) is 29.7. The summed E-state index contributed by atoms with van der Waals surface area (Å²) >= 11 is 0. The Hall–Kier alpha value is -3.13. The van der Waals surface area contributed by atoms with Gasteiger partial charge in [0.2, 0.25) is 11.8 Å². The highest BCUT2D eigenvalue weighted by molar-refractivity contribution is 5.95. The van der Waals surface area contributed by atoms with Crippen LogP contribution in [-0.4, -0.2) is 50.3 Å². The van der Waals surface area contributed by atoms with Crippen molar-refractivity contribution in [2.45, 2.75) is 19.4 Å². The molecular weight excluding hydrogens is 374 g/mol. The minimum atomic E-state index is -0.232. The average molecular weight is 399 g/mol. The fraction of sp³-hybridized carbons (Fsp3) is 0.381. The van der Waals surface area contributed by atoms with Crippen LogP contribution in [0.1, 0.15) is 18.4 Å². The molecule has 0 saturated carbocycles. The van der Waals surface area contributed by atoms with Crippen LogP contribution >= 0.6 is 0 Å². The number of nitrogens with one attached hydrogen (secondary N) is 1. The second-order valence-electron chi connectivity index (χ2n) is 6.55. The quantitative estimate of drug-likeness (QED) is 0.614. The van der Waals surface area contributed by atoms with Gasteiger partial charge in [0.05, 0.1) is 6.61 Å². The first-order valence-corrected chi connectivity index (χ1v) is 9.52. The Labute approximate surface area is 169 Å². The van der Waals surface area contributed by atoms with E-state index in [9.17, 15) is 9.59 Å². The Bertz CT molecular complexity index is 808. The molecule has 1 aliphatic rings. The van der Waals surface area contributed by atoms with Crippen molar-refractivity contribution in [3.63, 3.8) is 0 Å². The second-order valence-corrected chi connectivity index (χ2v) is 6.55. The van der Waals surface area contributed by atoms with E-state index in [-0.39, 0.29) is 18.4 Å². The molecule has 8 heteroatoms. The van der Waals surface area contributed by atoms with Gasteiger partial charge >= 0.3 is 0 Å². The first-order chi connectivity index (χ1) is 14.2. The van der Waals surface area contributed by atoms with Gasteiger partial charge in [0.25, 0.3) is 5.91 Å². The minimum Gasteiger partial charge on any atom is -0.484 e. The molecule has 0 radical (unpaired) electrons. The van der Waals surface area contributed by atoms with Crippen LogP contribution in [0.5, 0.6) is 11.6 Å². The van der Waals surface area contributed by atoms with Gasteiger partial charge in [0.15, 0.2) is 6.61 Å². The highest BCUT2D eigenvalue weighted by Crippen LogP contribution is 2.23. The third-order valence-electron chi connectivity index (χ3n) is 4.42. The maximum absolute atomic E-state index is 12.0. The van der Waals surface area contributed by atoms with Crippen molar-refractivity contribution in [1.82, 2.24) is 10.3 Å². The number of hydrogen-bond donors (Lipinski definition) is 1. The van der Waals surface area contributed by atoms with E-state index in [0.717, 1.165) is 24.2 Å². The van der Waals surface area contributed by atoms with Crippen LogP contribution in [0.4, 0.5) is 5.69 Å². The van der Waals surface area contributed by atoms with E-state index in [1.165, 1.54) is 0 Å². The van der Waals surface area contributed by atoms with Crippen molar-refractivity contribution < 1.29 is 23.8 Å². The van der Waals surface area contributed by atoms with Crippen molar-refractivity contribution in [3.8, 4) is 11.6 Å². The first kappa shape index (κ1) is 20.6. The summed E-state index contributed by atoms with van der Waals surface area (Å²) in [5.74, 6) is 1.00. The third-order valence-corrected chi connectivity index (χ3v) is 4.42. The highest BCUT2D eigenvalue weighted by atomic mass is 16.5. The van der Waals surface area contributed by atoms with Gasteiger partial charge < -0.3 is 24.4 Å². The van der Waals surface area contributed by atoms with Gasteiger partial charge in [-0.1, -0.05) is 6.07 Å². The molecule has 1 aliphatic heterocycles. The van der Waals surface area contributed by atoms with Crippen LogP contribution in [0.2, 0.25) is 0 Å². The fourth-order valence-electron chi connectivity index (χ4n) is 2.87. The lowest BCUT2D eigenvalue weighted by atomic mass is 10.3. The topological polar surface area (TPSA) is 90.0 Å². The van der Waals surface area contributed by atoms with E-state index >= 15 is 0 Å². The molecule has 0 aliphatic carbocycles. The fourth-order valence-corrected chi connectivity index (χ4v) is 2.87. The molecule has 2 amide bonds. The molecule has 1 N–H and O–H groups in total. The zero-order valence-corrected chi connectivity index (χ0v) is 16.4. The summed E-state index contributed by atoms with van der Waals surface area (Å²) in [6, 6.07) is 10.8. The molecule has 1 saturated heterocycles. The van der Waals surface area contributed by atoms with Crippen molar-refractivity contribution in [2.75, 3.05) is 38.4 Å². The van der Waals surface area contributed by atoms with E-state index in [4.69, 9.17) is 14.2 Å². The van der Waals surface area contributed by atoms with Gasteiger partial charge in [-0.2, -0.15) is 0 Å². The predicted octanol–water partition coefficient (Wildman–Crippen LogP) is 1.93. The minimum absolute atomic E-state index is 0.0897. The van der Waals surface area contributed by atoms with Crippen LogP contribution in [0.15, 0.2) is 42.6 Å². The molecule has 0 spiro atoms. The standard InChI is InChI=1S/C21H25N3O5/c1-27-11-12-28-20-9-4-16(14-23-20)13-22-19(25)15-29-18-7-5-17(6-8-18)24-10-2-3-21(24)26/h4-9,14H,2-3,10-13,15H2,1H3,(H,22,25). The predicted molar refractivity (Wildman–Crippen MR) is 107 cm³/mol. The monoisotopic (exact) mass is 399 g/mol.